The molecule has 2 atom stereocenters. The van der Waals surface area contributed by atoms with Crippen molar-refractivity contribution in [2.45, 2.75) is 12.2 Å². The second-order valence-corrected chi connectivity index (χ2v) is 6.03. The number of alkyl halides is 3. The lowest BCUT2D eigenvalue weighted by Crippen LogP contribution is -2.37. The number of fused-ring (bicyclic) bond motifs is 1. The van der Waals surface area contributed by atoms with E-state index in [1.54, 1.807) is 0 Å². The van der Waals surface area contributed by atoms with Gasteiger partial charge < -0.3 is 0 Å². The number of hydrogen-bond donors (Lipinski definition) is 1. The molecule has 0 saturated carbocycles. The number of nitrogens with zero attached hydrogens (tertiary/aromatic N) is 4. The number of anilines is 1. The summed E-state index contributed by atoms with van der Waals surface area (Å²) >= 11 is 0. The summed E-state index contributed by atoms with van der Waals surface area (Å²) in [6.45, 7) is 0. The Balaban J connectivity index is 1.72. The lowest BCUT2D eigenvalue weighted by Gasteiger charge is -2.20. The van der Waals surface area contributed by atoms with E-state index in [1.165, 1.54) is 18.5 Å². The van der Waals surface area contributed by atoms with Crippen molar-refractivity contribution in [3.05, 3.63) is 54.1 Å². The number of para-hydroxylation sites is 1. The number of benzene rings is 1. The van der Waals surface area contributed by atoms with Gasteiger partial charge in [-0.05, 0) is 12.1 Å². The molecule has 2 amide bonds. The highest BCUT2D eigenvalue weighted by Gasteiger charge is 2.56. The number of halogens is 3. The minimum absolute atomic E-state index is 0.0990. The fourth-order valence-electron chi connectivity index (χ4n) is 3.17. The third-order valence-electron chi connectivity index (χ3n) is 4.40. The summed E-state index contributed by atoms with van der Waals surface area (Å²) in [6, 6.07) is 2.98. The largest absolute Gasteiger partial charge is 0.418 e. The highest BCUT2D eigenvalue weighted by molar-refractivity contribution is 6.52. The Hall–Kier alpha value is -3.63. The van der Waals surface area contributed by atoms with Crippen molar-refractivity contribution in [2.24, 2.45) is 11.0 Å². The number of carbonyl (C=O) groups excluding carboxylic acids is 3. The average Bonchev–Trinajstić information content (AvgIpc) is 3.22. The van der Waals surface area contributed by atoms with Gasteiger partial charge in [-0.1, -0.05) is 12.1 Å². The van der Waals surface area contributed by atoms with E-state index in [9.17, 15) is 27.6 Å². The summed E-state index contributed by atoms with van der Waals surface area (Å²) in [5, 5.41) is 3.76. The lowest BCUT2D eigenvalue weighted by molar-refractivity contribution is -0.137. The zero-order chi connectivity index (χ0) is 20.1. The number of hydrogen-bond acceptors (Lipinski definition) is 7. The third-order valence-corrected chi connectivity index (χ3v) is 4.40. The van der Waals surface area contributed by atoms with Crippen LogP contribution in [0.1, 0.15) is 16.1 Å². The molecule has 0 unspecified atom stereocenters. The Labute approximate surface area is 155 Å². The summed E-state index contributed by atoms with van der Waals surface area (Å²) < 4.78 is 39.9. The molecular weight excluding hydrogens is 379 g/mol. The molecule has 0 spiro atoms. The summed E-state index contributed by atoms with van der Waals surface area (Å²) in [5.41, 5.74) is 0.269. The molecule has 11 heteroatoms. The Bertz CT molecular complexity index is 1020. The summed E-state index contributed by atoms with van der Waals surface area (Å²) in [6.07, 6.45) is -1.000. The molecule has 2 aliphatic heterocycles. The summed E-state index contributed by atoms with van der Waals surface area (Å²) in [5.74, 6) is -3.96. The predicted octanol–water partition coefficient (Wildman–Crippen LogP) is 1.20. The number of imide groups is 1. The fourth-order valence-corrected chi connectivity index (χ4v) is 3.17. The smallest absolute Gasteiger partial charge is 0.296 e. The van der Waals surface area contributed by atoms with Crippen LogP contribution < -0.4 is 10.3 Å². The molecule has 1 fully saturated rings. The van der Waals surface area contributed by atoms with Gasteiger partial charge >= 0.3 is 6.18 Å². The van der Waals surface area contributed by atoms with E-state index in [0.717, 1.165) is 24.4 Å². The van der Waals surface area contributed by atoms with Crippen molar-refractivity contribution in [1.29, 1.82) is 0 Å². The Morgan fingerprint density at radius 3 is 2.54 bits per heavy atom. The highest BCUT2D eigenvalue weighted by atomic mass is 19.4. The van der Waals surface area contributed by atoms with Gasteiger partial charge in [-0.3, -0.25) is 24.8 Å². The Morgan fingerprint density at radius 2 is 1.86 bits per heavy atom. The zero-order valence-electron chi connectivity index (χ0n) is 13.8. The fraction of sp³-hybridized carbons (Fsp3) is 0.176. The molecule has 4 rings (SSSR count). The van der Waals surface area contributed by atoms with Crippen molar-refractivity contribution in [3.63, 3.8) is 0 Å². The van der Waals surface area contributed by atoms with E-state index in [-0.39, 0.29) is 11.4 Å². The van der Waals surface area contributed by atoms with Crippen LogP contribution in [0.25, 0.3) is 0 Å². The van der Waals surface area contributed by atoms with Crippen LogP contribution in [0, 0.1) is 5.92 Å². The van der Waals surface area contributed by atoms with E-state index >= 15 is 0 Å². The van der Waals surface area contributed by atoms with Crippen LogP contribution in [-0.4, -0.2) is 39.3 Å². The second kappa shape index (κ2) is 6.22. The van der Waals surface area contributed by atoms with Crippen molar-refractivity contribution >= 4 is 29.0 Å². The van der Waals surface area contributed by atoms with Crippen LogP contribution in [0.15, 0.2) is 48.0 Å². The zero-order valence-corrected chi connectivity index (χ0v) is 13.8. The Kier molecular flexibility index (Phi) is 3.95. The molecule has 8 nitrogen and oxygen atoms in total. The monoisotopic (exact) mass is 389 g/mol. The van der Waals surface area contributed by atoms with Crippen LogP contribution in [0.4, 0.5) is 18.9 Å². The van der Waals surface area contributed by atoms with Crippen LogP contribution in [0.2, 0.25) is 0 Å². The molecule has 0 radical (unpaired) electrons. The van der Waals surface area contributed by atoms with Crippen molar-refractivity contribution < 1.29 is 27.6 Å². The molecule has 3 heterocycles. The van der Waals surface area contributed by atoms with E-state index < -0.39 is 47.0 Å². The Morgan fingerprint density at radius 1 is 1.11 bits per heavy atom. The first kappa shape index (κ1) is 17.8. The number of aromatic nitrogens is 2. The molecule has 0 bridgehead atoms. The van der Waals surface area contributed by atoms with Gasteiger partial charge in [0.15, 0.2) is 0 Å². The first-order valence-corrected chi connectivity index (χ1v) is 7.98. The molecule has 142 valence electrons. The SMILES string of the molecule is O=C(C1=NN[C@H]2C(=O)N(c3ccccc3C(F)(F)F)C(=O)[C@@H]12)c1cnccn1. The maximum atomic E-state index is 13.3. The lowest BCUT2D eigenvalue weighted by atomic mass is 9.94. The summed E-state index contributed by atoms with van der Waals surface area (Å²) in [4.78, 5) is 46.1. The number of amides is 2. The molecule has 2 aliphatic rings. The highest BCUT2D eigenvalue weighted by Crippen LogP contribution is 2.40. The average molecular weight is 389 g/mol. The number of Topliss-reactive ketones (excluding diaryl/α,β-unsaturated/α-hetero) is 1. The van der Waals surface area contributed by atoms with Gasteiger partial charge in [-0.25, -0.2) is 9.88 Å². The second-order valence-electron chi connectivity index (χ2n) is 6.03. The van der Waals surface area contributed by atoms with E-state index in [4.69, 9.17) is 0 Å². The molecule has 1 saturated heterocycles. The first-order valence-electron chi connectivity index (χ1n) is 7.98. The van der Waals surface area contributed by atoms with Gasteiger partial charge in [-0.15, -0.1) is 0 Å². The molecule has 0 aliphatic carbocycles. The number of carbonyl (C=O) groups is 3. The van der Waals surface area contributed by atoms with Crippen LogP contribution in [0.3, 0.4) is 0 Å². The van der Waals surface area contributed by atoms with E-state index in [1.807, 2.05) is 0 Å². The molecule has 28 heavy (non-hydrogen) atoms. The molecule has 1 N–H and O–H groups in total. The topological polar surface area (TPSA) is 105 Å². The van der Waals surface area contributed by atoms with E-state index in [2.05, 4.69) is 20.5 Å². The van der Waals surface area contributed by atoms with Gasteiger partial charge in [0.2, 0.25) is 11.7 Å². The predicted molar refractivity (Wildman–Crippen MR) is 88.1 cm³/mol. The first-order chi connectivity index (χ1) is 13.3. The standard InChI is InChI=1S/C17H10F3N5O3/c18-17(19,20)8-3-1-2-4-10(8)25-15(27)11-12(23-24-13(11)16(25)28)14(26)9-7-21-5-6-22-9/h1-7,11,13,24H/t11-,13+/m0/s1. The minimum atomic E-state index is -4.77. The van der Waals surface area contributed by atoms with Gasteiger partial charge in [0, 0.05) is 12.4 Å². The van der Waals surface area contributed by atoms with Gasteiger partial charge in [0.25, 0.3) is 5.91 Å². The van der Waals surface area contributed by atoms with Crippen molar-refractivity contribution in [3.8, 4) is 0 Å². The molecule has 1 aromatic heterocycles. The van der Waals surface area contributed by atoms with Crippen LogP contribution in [-0.2, 0) is 15.8 Å². The maximum absolute atomic E-state index is 13.3. The van der Waals surface area contributed by atoms with Crippen molar-refractivity contribution in [1.82, 2.24) is 15.4 Å². The van der Waals surface area contributed by atoms with Gasteiger partial charge in [-0.2, -0.15) is 18.3 Å². The van der Waals surface area contributed by atoms with Gasteiger partial charge in [0.1, 0.15) is 23.4 Å². The van der Waals surface area contributed by atoms with Gasteiger partial charge in [0.05, 0.1) is 17.4 Å². The molecule has 1 aromatic carbocycles. The van der Waals surface area contributed by atoms with Crippen molar-refractivity contribution in [2.75, 3.05) is 4.90 Å². The number of nitrogens with one attached hydrogen (secondary N) is 1. The number of hydrazone groups is 1. The van der Waals surface area contributed by atoms with Crippen LogP contribution >= 0.6 is 0 Å². The number of ketones is 1. The van der Waals surface area contributed by atoms with Crippen LogP contribution in [0.5, 0.6) is 0 Å². The minimum Gasteiger partial charge on any atom is -0.296 e. The normalized spacial score (nSPS) is 21.4. The van der Waals surface area contributed by atoms with E-state index in [0.29, 0.717) is 4.90 Å². The molecular formula is C17H10F3N5O3. The molecule has 2 aromatic rings. The third kappa shape index (κ3) is 2.63. The quantitative estimate of drug-likeness (QED) is 0.625. The number of rotatable bonds is 3. The summed E-state index contributed by atoms with van der Waals surface area (Å²) in [7, 11) is 0. The maximum Gasteiger partial charge on any atom is 0.418 e.